The number of ether oxygens (including phenoxy) is 3. The van der Waals surface area contributed by atoms with Crippen LogP contribution in [-0.2, 0) is 28.6 Å². The van der Waals surface area contributed by atoms with Crippen LogP contribution in [0.15, 0.2) is 24.3 Å². The van der Waals surface area contributed by atoms with Crippen molar-refractivity contribution in [1.82, 2.24) is 0 Å². The first-order valence-corrected chi connectivity index (χ1v) is 33.3. The standard InChI is InChI=1S/C68H128O6/c1-4-7-10-13-16-19-22-25-27-28-29-30-31-32-33-34-35-36-37-38-39-40-41-42-44-46-49-52-55-58-61-67(70)73-64-65(63-72-66(69)60-57-54-51-48-45-24-21-18-15-12-9-6-3)74-68(71)62-59-56-53-50-47-43-26-23-20-17-14-11-8-5-2/h18,21,23,26,65H,4-17,19-20,22,24-25,27-64H2,1-3H3/b21-18-,26-23-. The number of rotatable bonds is 62. The molecular weight excluding hydrogens is 913 g/mol. The summed E-state index contributed by atoms with van der Waals surface area (Å²) < 4.78 is 16.9. The van der Waals surface area contributed by atoms with Gasteiger partial charge in [-0.05, 0) is 70.6 Å². The van der Waals surface area contributed by atoms with Crippen LogP contribution in [0.4, 0.5) is 0 Å². The molecule has 1 atom stereocenters. The molecule has 6 heteroatoms. The number of hydrogen-bond donors (Lipinski definition) is 0. The van der Waals surface area contributed by atoms with Gasteiger partial charge in [-0.3, -0.25) is 14.4 Å². The number of carbonyl (C=O) groups excluding carboxylic acids is 3. The summed E-state index contributed by atoms with van der Waals surface area (Å²) >= 11 is 0. The molecule has 0 aliphatic rings. The number of carbonyl (C=O) groups is 3. The monoisotopic (exact) mass is 1040 g/mol. The molecule has 1 unspecified atom stereocenters. The first-order chi connectivity index (χ1) is 36.5. The van der Waals surface area contributed by atoms with Crippen LogP contribution in [0.2, 0.25) is 0 Å². The van der Waals surface area contributed by atoms with Gasteiger partial charge in [0.25, 0.3) is 0 Å². The third-order valence-electron chi connectivity index (χ3n) is 15.2. The average molecular weight is 1040 g/mol. The maximum atomic E-state index is 12.9. The van der Waals surface area contributed by atoms with E-state index in [1.54, 1.807) is 0 Å². The molecule has 74 heavy (non-hydrogen) atoms. The summed E-state index contributed by atoms with van der Waals surface area (Å²) in [5.41, 5.74) is 0. The fourth-order valence-corrected chi connectivity index (χ4v) is 10.1. The van der Waals surface area contributed by atoms with Crippen LogP contribution in [0.25, 0.3) is 0 Å². The highest BCUT2D eigenvalue weighted by molar-refractivity contribution is 5.71. The second kappa shape index (κ2) is 63.4. The molecule has 0 aromatic rings. The normalized spacial score (nSPS) is 12.1. The van der Waals surface area contributed by atoms with Crippen molar-refractivity contribution >= 4 is 17.9 Å². The van der Waals surface area contributed by atoms with Crippen molar-refractivity contribution in [2.45, 2.75) is 380 Å². The molecule has 0 fully saturated rings. The van der Waals surface area contributed by atoms with Gasteiger partial charge < -0.3 is 14.2 Å². The Kier molecular flexibility index (Phi) is 61.6. The summed E-state index contributed by atoms with van der Waals surface area (Å²) in [4.78, 5) is 38.2. The van der Waals surface area contributed by atoms with Gasteiger partial charge >= 0.3 is 17.9 Å². The van der Waals surface area contributed by atoms with Crippen molar-refractivity contribution in [2.24, 2.45) is 0 Å². The second-order valence-corrected chi connectivity index (χ2v) is 22.7. The zero-order valence-corrected chi connectivity index (χ0v) is 50.1. The SMILES string of the molecule is CCCCC/C=C\CCCCCCCC(=O)OCC(COC(=O)CCCCCCCCCCCCCCCCCCCCCCCCCCCCCCCC)OC(=O)CCCCCCC/C=C\CCCCCCC. The van der Waals surface area contributed by atoms with Crippen LogP contribution in [0.5, 0.6) is 0 Å². The van der Waals surface area contributed by atoms with Crippen LogP contribution < -0.4 is 0 Å². The smallest absolute Gasteiger partial charge is 0.306 e. The van der Waals surface area contributed by atoms with Crippen molar-refractivity contribution in [3.63, 3.8) is 0 Å². The lowest BCUT2D eigenvalue weighted by molar-refractivity contribution is -0.167. The summed E-state index contributed by atoms with van der Waals surface area (Å²) in [5.74, 6) is -0.868. The Labute approximate surface area is 462 Å². The zero-order chi connectivity index (χ0) is 53.6. The van der Waals surface area contributed by atoms with Crippen molar-refractivity contribution in [2.75, 3.05) is 13.2 Å². The van der Waals surface area contributed by atoms with Crippen molar-refractivity contribution in [1.29, 1.82) is 0 Å². The molecule has 0 heterocycles. The largest absolute Gasteiger partial charge is 0.462 e. The van der Waals surface area contributed by atoms with E-state index in [1.165, 1.54) is 263 Å². The van der Waals surface area contributed by atoms with E-state index < -0.39 is 6.10 Å². The van der Waals surface area contributed by atoms with Gasteiger partial charge in [0.1, 0.15) is 13.2 Å². The molecule has 0 spiro atoms. The lowest BCUT2D eigenvalue weighted by atomic mass is 10.0. The predicted octanol–water partition coefficient (Wildman–Crippen LogP) is 22.6. The Morgan fingerprint density at radius 3 is 0.703 bits per heavy atom. The maximum absolute atomic E-state index is 12.9. The number of allylic oxidation sites excluding steroid dienone is 4. The number of unbranched alkanes of at least 4 members (excludes halogenated alkanes) is 47. The lowest BCUT2D eigenvalue weighted by Gasteiger charge is -2.18. The van der Waals surface area contributed by atoms with Gasteiger partial charge in [-0.15, -0.1) is 0 Å². The molecule has 0 aromatic heterocycles. The van der Waals surface area contributed by atoms with Crippen LogP contribution >= 0.6 is 0 Å². The van der Waals surface area contributed by atoms with E-state index in [0.717, 1.165) is 70.6 Å². The van der Waals surface area contributed by atoms with Crippen molar-refractivity contribution in [3.05, 3.63) is 24.3 Å². The van der Waals surface area contributed by atoms with Crippen molar-refractivity contribution < 1.29 is 28.6 Å². The average Bonchev–Trinajstić information content (AvgIpc) is 3.40. The molecule has 0 bridgehead atoms. The van der Waals surface area contributed by atoms with Crippen LogP contribution in [-0.4, -0.2) is 37.2 Å². The Hall–Kier alpha value is -2.11. The highest BCUT2D eigenvalue weighted by Gasteiger charge is 2.19. The summed E-state index contributed by atoms with van der Waals surface area (Å²) in [6, 6.07) is 0. The molecule has 436 valence electrons. The molecule has 0 aromatic carbocycles. The van der Waals surface area contributed by atoms with E-state index in [0.29, 0.717) is 19.3 Å². The molecule has 0 radical (unpaired) electrons. The first-order valence-electron chi connectivity index (χ1n) is 33.3. The number of hydrogen-bond acceptors (Lipinski definition) is 6. The molecule has 0 saturated heterocycles. The van der Waals surface area contributed by atoms with Crippen LogP contribution in [0, 0.1) is 0 Å². The highest BCUT2D eigenvalue weighted by atomic mass is 16.6. The van der Waals surface area contributed by atoms with Gasteiger partial charge in [-0.25, -0.2) is 0 Å². The third-order valence-corrected chi connectivity index (χ3v) is 15.2. The summed E-state index contributed by atoms with van der Waals surface area (Å²) in [6.45, 7) is 6.65. The van der Waals surface area contributed by atoms with Crippen LogP contribution in [0.1, 0.15) is 374 Å². The second-order valence-electron chi connectivity index (χ2n) is 22.7. The van der Waals surface area contributed by atoms with Crippen LogP contribution in [0.3, 0.4) is 0 Å². The van der Waals surface area contributed by atoms with Gasteiger partial charge in [0.2, 0.25) is 0 Å². The topological polar surface area (TPSA) is 78.9 Å². The van der Waals surface area contributed by atoms with E-state index in [1.807, 2.05) is 0 Å². The minimum Gasteiger partial charge on any atom is -0.462 e. The zero-order valence-electron chi connectivity index (χ0n) is 50.1. The van der Waals surface area contributed by atoms with E-state index in [4.69, 9.17) is 14.2 Å². The van der Waals surface area contributed by atoms with Gasteiger partial charge in [-0.2, -0.15) is 0 Å². The Balaban J connectivity index is 4.09. The fraction of sp³-hybridized carbons (Fsp3) is 0.897. The molecule has 0 aliphatic carbocycles. The first kappa shape index (κ1) is 71.9. The van der Waals surface area contributed by atoms with E-state index in [2.05, 4.69) is 45.1 Å². The molecule has 0 amide bonds. The Bertz CT molecular complexity index is 1190. The van der Waals surface area contributed by atoms with Gasteiger partial charge in [0, 0.05) is 19.3 Å². The number of esters is 3. The van der Waals surface area contributed by atoms with E-state index in [9.17, 15) is 14.4 Å². The molecule has 6 nitrogen and oxygen atoms in total. The summed E-state index contributed by atoms with van der Waals surface area (Å²) in [5, 5.41) is 0. The molecule has 0 aliphatic heterocycles. The molecule has 0 N–H and O–H groups in total. The summed E-state index contributed by atoms with van der Waals surface area (Å²) in [6.07, 6.45) is 76.5. The summed E-state index contributed by atoms with van der Waals surface area (Å²) in [7, 11) is 0. The van der Waals surface area contributed by atoms with E-state index >= 15 is 0 Å². The van der Waals surface area contributed by atoms with Gasteiger partial charge in [0.15, 0.2) is 6.10 Å². The fourth-order valence-electron chi connectivity index (χ4n) is 10.1. The molecule has 0 saturated carbocycles. The minimum atomic E-state index is -0.776. The highest BCUT2D eigenvalue weighted by Crippen LogP contribution is 2.18. The third kappa shape index (κ3) is 60.8. The van der Waals surface area contributed by atoms with Gasteiger partial charge in [0.05, 0.1) is 0 Å². The predicted molar refractivity (Wildman–Crippen MR) is 321 cm³/mol. The molecule has 0 rings (SSSR count). The Morgan fingerprint density at radius 2 is 0.446 bits per heavy atom. The molecular formula is C68H128O6. The van der Waals surface area contributed by atoms with E-state index in [-0.39, 0.29) is 31.1 Å². The maximum Gasteiger partial charge on any atom is 0.306 e. The lowest BCUT2D eigenvalue weighted by Crippen LogP contribution is -2.30. The van der Waals surface area contributed by atoms with Crippen molar-refractivity contribution in [3.8, 4) is 0 Å². The minimum absolute atomic E-state index is 0.0727. The van der Waals surface area contributed by atoms with Gasteiger partial charge in [-0.1, -0.05) is 308 Å². The quantitative estimate of drug-likeness (QED) is 0.0261. The Morgan fingerprint density at radius 1 is 0.257 bits per heavy atom.